The zero-order valence-electron chi connectivity index (χ0n) is 22.9. The lowest BCUT2D eigenvalue weighted by molar-refractivity contribution is -0.473. The van der Waals surface area contributed by atoms with Crippen LogP contribution in [0.15, 0.2) is 54.7 Å². The lowest BCUT2D eigenvalue weighted by atomic mass is 9.68. The zero-order chi connectivity index (χ0) is 27.5. The molecule has 2 fully saturated rings. The first-order valence-electron chi connectivity index (χ1n) is 14.1. The van der Waals surface area contributed by atoms with Gasteiger partial charge < -0.3 is 14.6 Å². The molecule has 3 aromatic rings. The van der Waals surface area contributed by atoms with Crippen LogP contribution in [0.2, 0.25) is 0 Å². The maximum atomic E-state index is 14.0. The van der Waals surface area contributed by atoms with E-state index in [1.165, 1.54) is 22.3 Å². The fraction of sp³-hybridized carbons (Fsp3) is 0.469. The number of aromatic nitrogens is 1. The molecule has 206 valence electrons. The van der Waals surface area contributed by atoms with Crippen molar-refractivity contribution in [1.82, 2.24) is 9.88 Å². The smallest absolute Gasteiger partial charge is 0.377 e. The Hall–Kier alpha value is -3.32. The number of carbonyl (C=O) groups is 2. The first kappa shape index (κ1) is 27.3. The number of benzene rings is 2. The van der Waals surface area contributed by atoms with Crippen molar-refractivity contribution >= 4 is 29.4 Å². The minimum atomic E-state index is -0.755. The quantitative estimate of drug-likeness (QED) is 0.300. The Morgan fingerprint density at radius 1 is 1.21 bits per heavy atom. The largest absolute Gasteiger partial charge is 0.386 e. The number of amides is 2. The highest BCUT2D eigenvalue weighted by Gasteiger charge is 2.50. The van der Waals surface area contributed by atoms with Crippen molar-refractivity contribution in [1.29, 1.82) is 0 Å². The summed E-state index contributed by atoms with van der Waals surface area (Å²) in [5.74, 6) is 0.452. The molecule has 1 saturated heterocycles. The average molecular weight is 533 g/mol. The Kier molecular flexibility index (Phi) is 8.26. The Bertz CT molecular complexity index is 1340. The van der Waals surface area contributed by atoms with E-state index in [0.29, 0.717) is 18.4 Å². The van der Waals surface area contributed by atoms with Crippen molar-refractivity contribution < 1.29 is 23.3 Å². The van der Waals surface area contributed by atoms with E-state index in [1.807, 2.05) is 23.2 Å². The van der Waals surface area contributed by atoms with Gasteiger partial charge in [0.1, 0.15) is 19.1 Å². The molecule has 1 aliphatic carbocycles. The standard InChI is InChI=1S/C32H39FN3O3/c1-4-30(37)35(2)29(20-39-3)32(38)36-15-14-23-16-22(11-10-21-8-6-5-7-9-21)17-26(31(23)36)27-19-34-28-18-24(33)12-13-25(27)28/h5-9,12-13,18-19,22-23,26,29,31,34H,2,4,10-11,14-17,20H2,1,3H3/q+1. The second-order valence-corrected chi connectivity index (χ2v) is 11.2. The number of methoxy groups -OCH3 is 1. The third kappa shape index (κ3) is 5.55. The first-order valence-corrected chi connectivity index (χ1v) is 14.1. The van der Waals surface area contributed by atoms with Crippen molar-refractivity contribution in [2.75, 3.05) is 20.3 Å². The van der Waals surface area contributed by atoms with E-state index >= 15 is 0 Å². The van der Waals surface area contributed by atoms with E-state index in [1.54, 1.807) is 14.0 Å². The van der Waals surface area contributed by atoms with Crippen LogP contribution in [0.25, 0.3) is 10.9 Å². The predicted molar refractivity (Wildman–Crippen MR) is 150 cm³/mol. The molecule has 1 N–H and O–H groups in total. The number of rotatable bonds is 9. The Morgan fingerprint density at radius 2 is 2.00 bits per heavy atom. The SMILES string of the molecule is C=[N+](C(=O)CC)C(COC)C(=O)N1CCC2CC(CCc3ccccc3)CC(c3c[nH]c4cc(F)ccc34)C21. The molecule has 0 spiro atoms. The van der Waals surface area contributed by atoms with Gasteiger partial charge in [-0.3, -0.25) is 4.79 Å². The normalized spacial score (nSPS) is 23.5. The van der Waals surface area contributed by atoms with Gasteiger partial charge in [-0.1, -0.05) is 37.3 Å². The summed E-state index contributed by atoms with van der Waals surface area (Å²) in [5.41, 5.74) is 3.27. The van der Waals surface area contributed by atoms with Crippen LogP contribution in [0.4, 0.5) is 4.39 Å². The Labute approximate surface area is 229 Å². The van der Waals surface area contributed by atoms with Crippen molar-refractivity contribution in [2.24, 2.45) is 11.8 Å². The Balaban J connectivity index is 1.46. The summed E-state index contributed by atoms with van der Waals surface area (Å²) in [6, 6.07) is 14.8. The minimum absolute atomic E-state index is 0.0130. The summed E-state index contributed by atoms with van der Waals surface area (Å²) in [5, 5.41) is 1.01. The van der Waals surface area contributed by atoms with Crippen LogP contribution < -0.4 is 0 Å². The number of hydrogen-bond donors (Lipinski definition) is 1. The van der Waals surface area contributed by atoms with E-state index in [4.69, 9.17) is 4.74 Å². The molecule has 5 unspecified atom stereocenters. The molecule has 0 bridgehead atoms. The summed E-state index contributed by atoms with van der Waals surface area (Å²) >= 11 is 0. The monoisotopic (exact) mass is 532 g/mol. The molecule has 5 rings (SSSR count). The number of nitrogens with zero attached hydrogens (tertiary/aromatic N) is 2. The summed E-state index contributed by atoms with van der Waals surface area (Å²) < 4.78 is 20.7. The predicted octanol–water partition coefficient (Wildman–Crippen LogP) is 5.32. The molecule has 6 nitrogen and oxygen atoms in total. The van der Waals surface area contributed by atoms with Crippen molar-refractivity contribution in [2.45, 2.75) is 63.5 Å². The number of carbonyl (C=O) groups excluding carboxylic acids is 2. The molecular formula is C32H39FN3O3+. The number of likely N-dealkylation sites (tertiary alicyclic amines) is 1. The Morgan fingerprint density at radius 3 is 2.74 bits per heavy atom. The molecule has 0 radical (unpaired) electrons. The van der Waals surface area contributed by atoms with Gasteiger partial charge >= 0.3 is 5.91 Å². The van der Waals surface area contributed by atoms with Crippen LogP contribution in [0.5, 0.6) is 0 Å². The lowest BCUT2D eigenvalue weighted by Gasteiger charge is -2.42. The molecule has 5 atom stereocenters. The summed E-state index contributed by atoms with van der Waals surface area (Å²) in [7, 11) is 1.54. The van der Waals surface area contributed by atoms with Gasteiger partial charge in [0.25, 0.3) is 11.9 Å². The van der Waals surface area contributed by atoms with Crippen LogP contribution in [0.1, 0.15) is 56.1 Å². The van der Waals surface area contributed by atoms with E-state index < -0.39 is 6.04 Å². The molecule has 2 amide bonds. The second-order valence-electron chi connectivity index (χ2n) is 11.2. The summed E-state index contributed by atoms with van der Waals surface area (Å²) in [6.45, 7) is 6.46. The number of aryl methyl sites for hydroxylation is 1. The number of hydrogen-bond acceptors (Lipinski definition) is 3. The van der Waals surface area contributed by atoms with E-state index in [2.05, 4.69) is 36.0 Å². The van der Waals surface area contributed by atoms with Gasteiger partial charge in [-0.2, -0.15) is 4.58 Å². The van der Waals surface area contributed by atoms with Gasteiger partial charge in [0, 0.05) is 42.7 Å². The average Bonchev–Trinajstić information content (AvgIpc) is 3.58. The van der Waals surface area contributed by atoms with Gasteiger partial charge in [-0.15, -0.1) is 0 Å². The molecule has 2 aliphatic rings. The highest BCUT2D eigenvalue weighted by atomic mass is 19.1. The molecule has 1 saturated carbocycles. The van der Waals surface area contributed by atoms with Crippen molar-refractivity contribution in [3.63, 3.8) is 0 Å². The van der Waals surface area contributed by atoms with Gasteiger partial charge in [-0.25, -0.2) is 9.18 Å². The first-order chi connectivity index (χ1) is 18.9. The maximum absolute atomic E-state index is 14.0. The third-order valence-electron chi connectivity index (χ3n) is 8.87. The lowest BCUT2D eigenvalue weighted by Crippen LogP contribution is -2.53. The van der Waals surface area contributed by atoms with Crippen LogP contribution in [0.3, 0.4) is 0 Å². The number of H-pyrrole nitrogens is 1. The molecule has 2 aromatic carbocycles. The van der Waals surface area contributed by atoms with Crippen molar-refractivity contribution in [3.05, 3.63) is 71.7 Å². The number of nitrogens with one attached hydrogen (secondary N) is 1. The second kappa shape index (κ2) is 11.8. The van der Waals surface area contributed by atoms with Gasteiger partial charge in [0.15, 0.2) is 0 Å². The van der Waals surface area contributed by atoms with Crippen LogP contribution in [-0.2, 0) is 20.7 Å². The highest BCUT2D eigenvalue weighted by molar-refractivity contribution is 5.86. The van der Waals surface area contributed by atoms with Crippen molar-refractivity contribution in [3.8, 4) is 0 Å². The minimum Gasteiger partial charge on any atom is -0.377 e. The molecule has 1 aliphatic heterocycles. The van der Waals surface area contributed by atoms with Crippen LogP contribution in [0, 0.1) is 17.7 Å². The van der Waals surface area contributed by atoms with Gasteiger partial charge in [-0.05, 0) is 73.3 Å². The zero-order valence-corrected chi connectivity index (χ0v) is 22.9. The van der Waals surface area contributed by atoms with Gasteiger partial charge in [0.05, 0.1) is 6.42 Å². The fourth-order valence-electron chi connectivity index (χ4n) is 6.97. The molecule has 1 aromatic heterocycles. The number of ether oxygens (including phenoxy) is 1. The fourth-order valence-corrected chi connectivity index (χ4v) is 6.97. The number of aromatic amines is 1. The number of halogens is 1. The topological polar surface area (TPSA) is 65.4 Å². The van der Waals surface area contributed by atoms with E-state index in [-0.39, 0.29) is 42.6 Å². The van der Waals surface area contributed by atoms with E-state index in [0.717, 1.165) is 48.6 Å². The summed E-state index contributed by atoms with van der Waals surface area (Å²) in [4.78, 5) is 31.8. The molecule has 2 heterocycles. The maximum Gasteiger partial charge on any atom is 0.386 e. The van der Waals surface area contributed by atoms with E-state index in [9.17, 15) is 14.0 Å². The molecular weight excluding hydrogens is 493 g/mol. The van der Waals surface area contributed by atoms with Gasteiger partial charge in [0.2, 0.25) is 0 Å². The van der Waals surface area contributed by atoms with Crippen LogP contribution >= 0.6 is 0 Å². The highest BCUT2D eigenvalue weighted by Crippen LogP contribution is 2.49. The molecule has 7 heteroatoms. The third-order valence-corrected chi connectivity index (χ3v) is 8.87. The number of fused-ring (bicyclic) bond motifs is 2. The van der Waals surface area contributed by atoms with Crippen LogP contribution in [-0.4, -0.2) is 65.3 Å². The summed E-state index contributed by atoms with van der Waals surface area (Å²) in [6.07, 6.45) is 7.38. The molecule has 39 heavy (non-hydrogen) atoms.